The molecule has 1 saturated carbocycles. The molecule has 0 aromatic heterocycles. The van der Waals surface area contributed by atoms with E-state index in [1.807, 2.05) is 12.1 Å². The lowest BCUT2D eigenvalue weighted by molar-refractivity contribution is 0.288. The highest BCUT2D eigenvalue weighted by Crippen LogP contribution is 2.17. The molecular formula is C14H21NO. The van der Waals surface area contributed by atoms with Gasteiger partial charge in [-0.05, 0) is 44.9 Å². The molecule has 2 rings (SSSR count). The van der Waals surface area contributed by atoms with Crippen LogP contribution in [0.5, 0.6) is 5.75 Å². The molecule has 16 heavy (non-hydrogen) atoms. The van der Waals surface area contributed by atoms with Gasteiger partial charge in [0.25, 0.3) is 0 Å². The third-order valence-corrected chi connectivity index (χ3v) is 3.15. The van der Waals surface area contributed by atoms with E-state index in [2.05, 4.69) is 24.4 Å². The summed E-state index contributed by atoms with van der Waals surface area (Å²) in [5.41, 5.74) is 1.28. The molecule has 0 radical (unpaired) electrons. The zero-order chi connectivity index (χ0) is 11.2. The van der Waals surface area contributed by atoms with Gasteiger partial charge in [0.15, 0.2) is 0 Å². The molecule has 2 heteroatoms. The first-order chi connectivity index (χ1) is 7.84. The molecule has 1 aromatic carbocycles. The van der Waals surface area contributed by atoms with Crippen LogP contribution in [-0.4, -0.2) is 19.2 Å². The van der Waals surface area contributed by atoms with Crippen molar-refractivity contribution < 1.29 is 4.74 Å². The van der Waals surface area contributed by atoms with Crippen molar-refractivity contribution in [2.75, 3.05) is 13.2 Å². The lowest BCUT2D eigenvalue weighted by Crippen LogP contribution is -2.36. The predicted molar refractivity (Wildman–Crippen MR) is 66.9 cm³/mol. The summed E-state index contributed by atoms with van der Waals surface area (Å²) in [6.07, 6.45) is 5.21. The number of hydrogen-bond acceptors (Lipinski definition) is 2. The van der Waals surface area contributed by atoms with Gasteiger partial charge in [-0.3, -0.25) is 0 Å². The fraction of sp³-hybridized carbons (Fsp3) is 0.571. The van der Waals surface area contributed by atoms with Crippen molar-refractivity contribution in [3.63, 3.8) is 0 Å². The molecule has 0 bridgehead atoms. The van der Waals surface area contributed by atoms with Crippen molar-refractivity contribution in [3.8, 4) is 5.75 Å². The molecule has 1 fully saturated rings. The van der Waals surface area contributed by atoms with Crippen LogP contribution in [0, 0.1) is 6.92 Å². The maximum absolute atomic E-state index is 5.65. The zero-order valence-corrected chi connectivity index (χ0v) is 10.0. The number of rotatable bonds is 6. The minimum absolute atomic E-state index is 0.791. The second-order valence-electron chi connectivity index (χ2n) is 4.60. The second kappa shape index (κ2) is 5.90. The molecule has 0 amide bonds. The summed E-state index contributed by atoms with van der Waals surface area (Å²) in [5, 5.41) is 3.53. The van der Waals surface area contributed by atoms with Crippen LogP contribution in [0.2, 0.25) is 0 Å². The second-order valence-corrected chi connectivity index (χ2v) is 4.60. The molecule has 88 valence electrons. The molecule has 0 unspecified atom stereocenters. The Hall–Kier alpha value is -1.02. The summed E-state index contributed by atoms with van der Waals surface area (Å²) < 4.78 is 5.65. The van der Waals surface area contributed by atoms with Crippen LogP contribution < -0.4 is 10.1 Å². The summed E-state index contributed by atoms with van der Waals surface area (Å²) in [4.78, 5) is 0. The molecule has 1 aliphatic rings. The Labute approximate surface area is 98.0 Å². The van der Waals surface area contributed by atoms with Gasteiger partial charge < -0.3 is 10.1 Å². The molecular weight excluding hydrogens is 198 g/mol. The van der Waals surface area contributed by atoms with Gasteiger partial charge in [0.05, 0.1) is 6.61 Å². The molecule has 1 aromatic rings. The van der Waals surface area contributed by atoms with E-state index in [4.69, 9.17) is 4.74 Å². The maximum atomic E-state index is 5.65. The minimum atomic E-state index is 0.791. The highest BCUT2D eigenvalue weighted by atomic mass is 16.5. The molecule has 0 atom stereocenters. The number of ether oxygens (including phenoxy) is 1. The van der Waals surface area contributed by atoms with Gasteiger partial charge in [0.2, 0.25) is 0 Å². The van der Waals surface area contributed by atoms with Gasteiger partial charge in [-0.25, -0.2) is 0 Å². The van der Waals surface area contributed by atoms with E-state index in [0.29, 0.717) is 0 Å². The van der Waals surface area contributed by atoms with Crippen LogP contribution >= 0.6 is 0 Å². The fourth-order valence-corrected chi connectivity index (χ4v) is 1.82. The lowest BCUT2D eigenvalue weighted by Gasteiger charge is -2.26. The average Bonchev–Trinajstić information content (AvgIpc) is 2.23. The third-order valence-electron chi connectivity index (χ3n) is 3.15. The minimum Gasteiger partial charge on any atom is -0.494 e. The summed E-state index contributed by atoms with van der Waals surface area (Å²) in [6, 6.07) is 9.03. The van der Waals surface area contributed by atoms with Crippen LogP contribution in [0.1, 0.15) is 31.2 Å². The summed E-state index contributed by atoms with van der Waals surface area (Å²) in [6.45, 7) is 3.98. The quantitative estimate of drug-likeness (QED) is 0.743. The van der Waals surface area contributed by atoms with Gasteiger partial charge >= 0.3 is 0 Å². The van der Waals surface area contributed by atoms with Crippen LogP contribution in [0.4, 0.5) is 0 Å². The van der Waals surface area contributed by atoms with Crippen molar-refractivity contribution in [1.29, 1.82) is 0 Å². The smallest absolute Gasteiger partial charge is 0.119 e. The summed E-state index contributed by atoms with van der Waals surface area (Å²) in [7, 11) is 0. The number of aryl methyl sites for hydroxylation is 1. The van der Waals surface area contributed by atoms with Crippen LogP contribution in [0.15, 0.2) is 24.3 Å². The highest BCUT2D eigenvalue weighted by Gasteiger charge is 2.15. The molecule has 0 heterocycles. The van der Waals surface area contributed by atoms with Crippen molar-refractivity contribution >= 4 is 0 Å². The first-order valence-corrected chi connectivity index (χ1v) is 6.27. The van der Waals surface area contributed by atoms with Crippen molar-refractivity contribution in [2.45, 2.75) is 38.6 Å². The molecule has 0 aliphatic heterocycles. The van der Waals surface area contributed by atoms with Crippen LogP contribution in [0.3, 0.4) is 0 Å². The molecule has 0 spiro atoms. The Bertz CT molecular complexity index is 303. The Morgan fingerprint density at radius 1 is 1.25 bits per heavy atom. The lowest BCUT2D eigenvalue weighted by atomic mass is 9.93. The topological polar surface area (TPSA) is 21.3 Å². The number of hydrogen-bond donors (Lipinski definition) is 1. The van der Waals surface area contributed by atoms with Crippen molar-refractivity contribution in [3.05, 3.63) is 29.8 Å². The normalized spacial score (nSPS) is 15.8. The Kier molecular flexibility index (Phi) is 4.23. The first-order valence-electron chi connectivity index (χ1n) is 6.27. The molecule has 2 nitrogen and oxygen atoms in total. The van der Waals surface area contributed by atoms with Gasteiger partial charge in [-0.15, -0.1) is 0 Å². The Balaban J connectivity index is 1.55. The maximum Gasteiger partial charge on any atom is 0.119 e. The standard InChI is InChI=1S/C14H21NO/c1-12-6-8-14(9-7-12)16-11-3-10-15-13-4-2-5-13/h6-9,13,15H,2-5,10-11H2,1H3. The fourth-order valence-electron chi connectivity index (χ4n) is 1.82. The predicted octanol–water partition coefficient (Wildman–Crippen LogP) is 2.91. The Morgan fingerprint density at radius 2 is 2.00 bits per heavy atom. The van der Waals surface area contributed by atoms with Gasteiger partial charge in [0, 0.05) is 6.04 Å². The van der Waals surface area contributed by atoms with Gasteiger partial charge in [-0.2, -0.15) is 0 Å². The monoisotopic (exact) mass is 219 g/mol. The van der Waals surface area contributed by atoms with Gasteiger partial charge in [-0.1, -0.05) is 24.1 Å². The first kappa shape index (κ1) is 11.5. The SMILES string of the molecule is Cc1ccc(OCCCNC2CCC2)cc1. The Morgan fingerprint density at radius 3 is 2.62 bits per heavy atom. The summed E-state index contributed by atoms with van der Waals surface area (Å²) >= 11 is 0. The van der Waals surface area contributed by atoms with E-state index in [1.54, 1.807) is 0 Å². The zero-order valence-electron chi connectivity index (χ0n) is 10.0. The van der Waals surface area contributed by atoms with Crippen LogP contribution in [-0.2, 0) is 0 Å². The third kappa shape index (κ3) is 3.53. The van der Waals surface area contributed by atoms with E-state index in [1.165, 1.54) is 24.8 Å². The molecule has 1 aliphatic carbocycles. The average molecular weight is 219 g/mol. The van der Waals surface area contributed by atoms with Crippen LogP contribution in [0.25, 0.3) is 0 Å². The van der Waals surface area contributed by atoms with E-state index in [-0.39, 0.29) is 0 Å². The van der Waals surface area contributed by atoms with Crippen molar-refractivity contribution in [1.82, 2.24) is 5.32 Å². The largest absolute Gasteiger partial charge is 0.494 e. The number of benzene rings is 1. The number of nitrogens with one attached hydrogen (secondary N) is 1. The van der Waals surface area contributed by atoms with E-state index in [0.717, 1.165) is 31.4 Å². The van der Waals surface area contributed by atoms with E-state index >= 15 is 0 Å². The van der Waals surface area contributed by atoms with E-state index < -0.39 is 0 Å². The summed E-state index contributed by atoms with van der Waals surface area (Å²) in [5.74, 6) is 0.981. The molecule has 0 saturated heterocycles. The highest BCUT2D eigenvalue weighted by molar-refractivity contribution is 5.26. The molecule has 1 N–H and O–H groups in total. The van der Waals surface area contributed by atoms with E-state index in [9.17, 15) is 0 Å². The van der Waals surface area contributed by atoms with Gasteiger partial charge in [0.1, 0.15) is 5.75 Å². The van der Waals surface area contributed by atoms with Crippen molar-refractivity contribution in [2.24, 2.45) is 0 Å².